The third-order valence-electron chi connectivity index (χ3n) is 2.67. The van der Waals surface area contributed by atoms with Crippen LogP contribution in [0.25, 0.3) is 0 Å². The standard InChI is InChI=1S/C13H19NO4/c1-14-8-9-3-5-10(6-4-9)13(17)11(15)7-12(16)18-2/h3-6,11,13-15,17H,7-8H2,1-2H3. The zero-order valence-electron chi connectivity index (χ0n) is 10.6. The van der Waals surface area contributed by atoms with Crippen molar-refractivity contribution in [2.24, 2.45) is 0 Å². The van der Waals surface area contributed by atoms with Crippen molar-refractivity contribution in [3.63, 3.8) is 0 Å². The number of aliphatic hydroxyl groups is 2. The van der Waals surface area contributed by atoms with Crippen molar-refractivity contribution in [2.75, 3.05) is 14.2 Å². The summed E-state index contributed by atoms with van der Waals surface area (Å²) in [5.74, 6) is -0.548. The second-order valence-corrected chi connectivity index (χ2v) is 4.06. The van der Waals surface area contributed by atoms with E-state index >= 15 is 0 Å². The molecular weight excluding hydrogens is 234 g/mol. The second-order valence-electron chi connectivity index (χ2n) is 4.06. The largest absolute Gasteiger partial charge is 0.469 e. The van der Waals surface area contributed by atoms with Gasteiger partial charge in [0.2, 0.25) is 0 Å². The predicted molar refractivity (Wildman–Crippen MR) is 66.8 cm³/mol. The molecule has 0 saturated carbocycles. The first-order chi connectivity index (χ1) is 8.58. The number of carbonyl (C=O) groups excluding carboxylic acids is 1. The van der Waals surface area contributed by atoms with Gasteiger partial charge in [-0.15, -0.1) is 0 Å². The van der Waals surface area contributed by atoms with Crippen molar-refractivity contribution in [3.05, 3.63) is 35.4 Å². The van der Waals surface area contributed by atoms with E-state index in [9.17, 15) is 15.0 Å². The summed E-state index contributed by atoms with van der Waals surface area (Å²) in [6.45, 7) is 0.737. The van der Waals surface area contributed by atoms with E-state index in [4.69, 9.17) is 0 Å². The van der Waals surface area contributed by atoms with Crippen LogP contribution >= 0.6 is 0 Å². The van der Waals surface area contributed by atoms with Crippen molar-refractivity contribution in [1.82, 2.24) is 5.32 Å². The number of hydrogen-bond donors (Lipinski definition) is 3. The SMILES string of the molecule is CNCc1ccc(C(O)C(O)CC(=O)OC)cc1. The summed E-state index contributed by atoms with van der Waals surface area (Å²) in [6, 6.07) is 7.19. The minimum atomic E-state index is -1.16. The number of nitrogens with one attached hydrogen (secondary N) is 1. The molecule has 0 aliphatic heterocycles. The van der Waals surface area contributed by atoms with Crippen LogP contribution in [0.3, 0.4) is 0 Å². The molecule has 5 nitrogen and oxygen atoms in total. The van der Waals surface area contributed by atoms with Crippen LogP contribution in [-0.4, -0.2) is 36.4 Å². The lowest BCUT2D eigenvalue weighted by Crippen LogP contribution is -2.22. The smallest absolute Gasteiger partial charge is 0.308 e. The lowest BCUT2D eigenvalue weighted by Gasteiger charge is -2.17. The Morgan fingerprint density at radius 1 is 1.33 bits per heavy atom. The van der Waals surface area contributed by atoms with Crippen molar-refractivity contribution < 1.29 is 19.7 Å². The first kappa shape index (κ1) is 14.6. The van der Waals surface area contributed by atoms with Gasteiger partial charge in [-0.2, -0.15) is 0 Å². The van der Waals surface area contributed by atoms with E-state index in [0.717, 1.165) is 12.1 Å². The molecular formula is C13H19NO4. The van der Waals surface area contributed by atoms with Crippen LogP contribution < -0.4 is 5.32 Å². The zero-order chi connectivity index (χ0) is 13.5. The highest BCUT2D eigenvalue weighted by Gasteiger charge is 2.21. The predicted octanol–water partition coefficient (Wildman–Crippen LogP) is 0.363. The summed E-state index contributed by atoms with van der Waals surface area (Å²) in [5, 5.41) is 22.6. The highest BCUT2D eigenvalue weighted by Crippen LogP contribution is 2.19. The molecule has 0 aliphatic rings. The molecule has 5 heteroatoms. The lowest BCUT2D eigenvalue weighted by atomic mass is 10.0. The maximum absolute atomic E-state index is 11.0. The molecule has 0 heterocycles. The molecule has 0 bridgehead atoms. The molecule has 18 heavy (non-hydrogen) atoms. The highest BCUT2D eigenvalue weighted by atomic mass is 16.5. The van der Waals surface area contributed by atoms with E-state index in [1.165, 1.54) is 7.11 Å². The first-order valence-corrected chi connectivity index (χ1v) is 5.75. The Morgan fingerprint density at radius 3 is 2.44 bits per heavy atom. The third kappa shape index (κ3) is 4.10. The van der Waals surface area contributed by atoms with Crippen LogP contribution in [0.1, 0.15) is 23.7 Å². The average Bonchev–Trinajstić information content (AvgIpc) is 2.39. The second kappa shape index (κ2) is 7.10. The van der Waals surface area contributed by atoms with Gasteiger partial charge in [0.05, 0.1) is 19.6 Å². The van der Waals surface area contributed by atoms with E-state index in [-0.39, 0.29) is 6.42 Å². The quantitative estimate of drug-likeness (QED) is 0.638. The molecule has 0 aromatic heterocycles. The van der Waals surface area contributed by atoms with E-state index < -0.39 is 18.2 Å². The van der Waals surface area contributed by atoms with Gasteiger partial charge in [-0.05, 0) is 18.2 Å². The average molecular weight is 253 g/mol. The third-order valence-corrected chi connectivity index (χ3v) is 2.67. The summed E-state index contributed by atoms with van der Waals surface area (Å²) in [4.78, 5) is 11.0. The van der Waals surface area contributed by atoms with E-state index in [0.29, 0.717) is 5.56 Å². The molecule has 1 rings (SSSR count). The van der Waals surface area contributed by atoms with E-state index in [1.807, 2.05) is 19.2 Å². The summed E-state index contributed by atoms with van der Waals surface area (Å²) in [6.07, 6.45) is -2.48. The van der Waals surface area contributed by atoms with Crippen molar-refractivity contribution in [1.29, 1.82) is 0 Å². The molecule has 0 saturated heterocycles. The molecule has 1 aromatic rings. The maximum Gasteiger partial charge on any atom is 0.308 e. The van der Waals surface area contributed by atoms with E-state index in [1.54, 1.807) is 12.1 Å². The molecule has 0 spiro atoms. The van der Waals surface area contributed by atoms with Gasteiger partial charge in [-0.3, -0.25) is 4.79 Å². The maximum atomic E-state index is 11.0. The molecule has 100 valence electrons. The molecule has 3 N–H and O–H groups in total. The fraction of sp³-hybridized carbons (Fsp3) is 0.462. The molecule has 0 radical (unpaired) electrons. The Hall–Kier alpha value is -1.43. The Bertz CT molecular complexity index is 377. The first-order valence-electron chi connectivity index (χ1n) is 5.75. The molecule has 0 aliphatic carbocycles. The van der Waals surface area contributed by atoms with Gasteiger partial charge in [-0.1, -0.05) is 24.3 Å². The number of ether oxygens (including phenoxy) is 1. The van der Waals surface area contributed by atoms with Crippen molar-refractivity contribution in [3.8, 4) is 0 Å². The van der Waals surface area contributed by atoms with Crippen LogP contribution in [0.4, 0.5) is 0 Å². The summed E-state index contributed by atoms with van der Waals surface area (Å²) >= 11 is 0. The molecule has 0 amide bonds. The Balaban J connectivity index is 2.65. The van der Waals surface area contributed by atoms with Gasteiger partial charge in [-0.25, -0.2) is 0 Å². The molecule has 2 atom stereocenters. The van der Waals surface area contributed by atoms with Gasteiger partial charge in [0, 0.05) is 6.54 Å². The minimum absolute atomic E-state index is 0.226. The lowest BCUT2D eigenvalue weighted by molar-refractivity contribution is -0.144. The normalized spacial score (nSPS) is 14.0. The Morgan fingerprint density at radius 2 is 1.94 bits per heavy atom. The van der Waals surface area contributed by atoms with Gasteiger partial charge in [0.15, 0.2) is 0 Å². The Kier molecular flexibility index (Phi) is 5.77. The number of methoxy groups -OCH3 is 1. The van der Waals surface area contributed by atoms with Crippen molar-refractivity contribution >= 4 is 5.97 Å². The number of carbonyl (C=O) groups is 1. The van der Waals surface area contributed by atoms with Gasteiger partial charge in [0.1, 0.15) is 6.10 Å². The Labute approximate surface area is 106 Å². The number of rotatable bonds is 6. The molecule has 1 aromatic carbocycles. The van der Waals surface area contributed by atoms with Crippen molar-refractivity contribution in [2.45, 2.75) is 25.2 Å². The minimum Gasteiger partial charge on any atom is -0.469 e. The monoisotopic (exact) mass is 253 g/mol. The van der Waals surface area contributed by atoms with E-state index in [2.05, 4.69) is 10.1 Å². The zero-order valence-corrected chi connectivity index (χ0v) is 10.6. The number of esters is 1. The fourth-order valence-corrected chi connectivity index (χ4v) is 1.62. The van der Waals surface area contributed by atoms with Gasteiger partial charge in [0.25, 0.3) is 0 Å². The highest BCUT2D eigenvalue weighted by molar-refractivity contribution is 5.69. The molecule has 2 unspecified atom stereocenters. The van der Waals surface area contributed by atoms with Crippen LogP contribution in [0.15, 0.2) is 24.3 Å². The van der Waals surface area contributed by atoms with Crippen LogP contribution in [-0.2, 0) is 16.1 Å². The van der Waals surface area contributed by atoms with Crippen LogP contribution in [0.5, 0.6) is 0 Å². The van der Waals surface area contributed by atoms with Crippen LogP contribution in [0, 0.1) is 0 Å². The fourth-order valence-electron chi connectivity index (χ4n) is 1.62. The number of benzene rings is 1. The van der Waals surface area contributed by atoms with Gasteiger partial charge < -0.3 is 20.3 Å². The summed E-state index contributed by atoms with van der Waals surface area (Å²) < 4.78 is 4.44. The summed E-state index contributed by atoms with van der Waals surface area (Å²) in [5.41, 5.74) is 1.65. The topological polar surface area (TPSA) is 78.8 Å². The molecule has 0 fully saturated rings. The summed E-state index contributed by atoms with van der Waals surface area (Å²) in [7, 11) is 3.09. The van der Waals surface area contributed by atoms with Crippen LogP contribution in [0.2, 0.25) is 0 Å². The number of aliphatic hydroxyl groups excluding tert-OH is 2. The number of hydrogen-bond acceptors (Lipinski definition) is 5. The van der Waals surface area contributed by atoms with Gasteiger partial charge >= 0.3 is 5.97 Å².